The lowest BCUT2D eigenvalue weighted by atomic mass is 10.1. The number of furan rings is 1. The van der Waals surface area contributed by atoms with Gasteiger partial charge in [-0.1, -0.05) is 30.3 Å². The summed E-state index contributed by atoms with van der Waals surface area (Å²) in [5.41, 5.74) is 4.37. The number of alkyl carbamates (subject to hydrolysis) is 1. The van der Waals surface area contributed by atoms with Gasteiger partial charge in [0.2, 0.25) is 0 Å². The fraction of sp³-hybridized carbons (Fsp3) is 0.120. The minimum absolute atomic E-state index is 0.0505. The predicted octanol–water partition coefficient (Wildman–Crippen LogP) is 4.33. The van der Waals surface area contributed by atoms with Crippen LogP contribution in [-0.2, 0) is 22.6 Å². The number of nitrogens with zero attached hydrogens (tertiary/aromatic N) is 3. The highest BCUT2D eigenvalue weighted by molar-refractivity contribution is 9.10. The lowest BCUT2D eigenvalue weighted by Crippen LogP contribution is -2.47. The van der Waals surface area contributed by atoms with E-state index in [0.29, 0.717) is 27.3 Å². The van der Waals surface area contributed by atoms with Gasteiger partial charge in [0.05, 0.1) is 17.5 Å². The molecule has 0 unspecified atom stereocenters. The van der Waals surface area contributed by atoms with Crippen LogP contribution in [0, 0.1) is 10.1 Å². The molecule has 38 heavy (non-hydrogen) atoms. The Morgan fingerprint density at radius 2 is 2.03 bits per heavy atom. The van der Waals surface area contributed by atoms with Gasteiger partial charge in [0.15, 0.2) is 0 Å². The first-order valence-corrected chi connectivity index (χ1v) is 12.0. The second kappa shape index (κ2) is 12.5. The molecule has 3 N–H and O–H groups in total. The highest BCUT2D eigenvalue weighted by Crippen LogP contribution is 2.32. The number of non-ortho nitro benzene ring substituents is 1. The van der Waals surface area contributed by atoms with Crippen molar-refractivity contribution in [1.82, 2.24) is 20.7 Å². The third-order valence-electron chi connectivity index (χ3n) is 5.22. The average Bonchev–Trinajstić information content (AvgIpc) is 3.60. The molecule has 4 aromatic rings. The molecule has 13 heteroatoms. The van der Waals surface area contributed by atoms with Crippen LogP contribution >= 0.6 is 15.9 Å². The van der Waals surface area contributed by atoms with Crippen LogP contribution in [0.3, 0.4) is 0 Å². The quantitative estimate of drug-likeness (QED) is 0.143. The van der Waals surface area contributed by atoms with E-state index in [1.165, 1.54) is 24.7 Å². The number of aromatic nitrogens is 2. The van der Waals surface area contributed by atoms with E-state index in [2.05, 4.69) is 41.7 Å². The topological polar surface area (TPSA) is 165 Å². The lowest BCUT2D eigenvalue weighted by Gasteiger charge is -2.16. The van der Waals surface area contributed by atoms with Crippen molar-refractivity contribution >= 4 is 39.8 Å². The molecule has 0 aliphatic rings. The van der Waals surface area contributed by atoms with Crippen molar-refractivity contribution in [2.24, 2.45) is 5.10 Å². The number of halogens is 1. The first kappa shape index (κ1) is 26.3. The van der Waals surface area contributed by atoms with Gasteiger partial charge in [-0.2, -0.15) is 5.10 Å². The van der Waals surface area contributed by atoms with E-state index >= 15 is 0 Å². The molecular weight excluding hydrogens is 560 g/mol. The van der Waals surface area contributed by atoms with Crippen LogP contribution in [0.1, 0.15) is 17.0 Å². The summed E-state index contributed by atoms with van der Waals surface area (Å²) in [7, 11) is 0. The fourth-order valence-corrected chi connectivity index (χ4v) is 3.92. The number of nitro groups is 1. The van der Waals surface area contributed by atoms with Crippen molar-refractivity contribution in [1.29, 1.82) is 0 Å². The number of rotatable bonds is 10. The maximum absolute atomic E-state index is 12.8. The smallest absolute Gasteiger partial charge is 0.408 e. The molecule has 1 atom stereocenters. The number of carbonyl (C=O) groups excluding carboxylic acids is 2. The number of aromatic amines is 1. The molecule has 0 saturated carbocycles. The molecule has 194 valence electrons. The zero-order valence-corrected chi connectivity index (χ0v) is 21.3. The summed E-state index contributed by atoms with van der Waals surface area (Å²) >= 11 is 3.31. The number of carbonyl (C=O) groups is 2. The molecule has 2 heterocycles. The number of imidazole rings is 1. The second-order valence-corrected chi connectivity index (χ2v) is 8.75. The summed E-state index contributed by atoms with van der Waals surface area (Å²) in [4.78, 5) is 42.4. The summed E-state index contributed by atoms with van der Waals surface area (Å²) < 4.78 is 11.4. The largest absolute Gasteiger partial charge is 0.455 e. The van der Waals surface area contributed by atoms with Gasteiger partial charge in [0, 0.05) is 40.5 Å². The molecule has 0 spiro atoms. The number of nitro benzene ring substituents is 1. The molecular formula is C25H21BrN6O6. The van der Waals surface area contributed by atoms with Crippen molar-refractivity contribution in [2.75, 3.05) is 0 Å². The van der Waals surface area contributed by atoms with Gasteiger partial charge in [-0.3, -0.25) is 14.9 Å². The van der Waals surface area contributed by atoms with E-state index in [0.717, 1.165) is 5.56 Å². The predicted molar refractivity (Wildman–Crippen MR) is 140 cm³/mol. The van der Waals surface area contributed by atoms with Gasteiger partial charge >= 0.3 is 6.09 Å². The van der Waals surface area contributed by atoms with Gasteiger partial charge in [-0.05, 0) is 39.7 Å². The molecule has 0 aliphatic heterocycles. The van der Waals surface area contributed by atoms with Crippen molar-refractivity contribution < 1.29 is 23.7 Å². The molecule has 2 aromatic heterocycles. The highest BCUT2D eigenvalue weighted by atomic mass is 79.9. The number of hydrogen-bond acceptors (Lipinski definition) is 8. The second-order valence-electron chi connectivity index (χ2n) is 7.90. The molecule has 0 fully saturated rings. The molecule has 0 radical (unpaired) electrons. The summed E-state index contributed by atoms with van der Waals surface area (Å²) in [6, 6.07) is 15.7. The lowest BCUT2D eigenvalue weighted by molar-refractivity contribution is -0.384. The third kappa shape index (κ3) is 7.13. The number of hydrazone groups is 1. The Kier molecular flexibility index (Phi) is 8.61. The van der Waals surface area contributed by atoms with Crippen molar-refractivity contribution in [3.63, 3.8) is 0 Å². The number of nitrogens with one attached hydrogen (secondary N) is 3. The van der Waals surface area contributed by atoms with Crippen LogP contribution in [0.5, 0.6) is 0 Å². The zero-order chi connectivity index (χ0) is 26.9. The van der Waals surface area contributed by atoms with E-state index in [9.17, 15) is 19.7 Å². The summed E-state index contributed by atoms with van der Waals surface area (Å²) in [5.74, 6) is 0.183. The van der Waals surface area contributed by atoms with Gasteiger partial charge < -0.3 is 19.5 Å². The van der Waals surface area contributed by atoms with Crippen LogP contribution in [0.4, 0.5) is 10.5 Å². The van der Waals surface area contributed by atoms with Crippen molar-refractivity contribution in [3.05, 3.63) is 105 Å². The van der Waals surface area contributed by atoms with E-state index < -0.39 is 23.0 Å². The van der Waals surface area contributed by atoms with Crippen LogP contribution in [0.15, 0.2) is 87.2 Å². The van der Waals surface area contributed by atoms with Gasteiger partial charge in [0.1, 0.15) is 24.2 Å². The van der Waals surface area contributed by atoms with E-state index in [4.69, 9.17) is 9.15 Å². The molecule has 12 nitrogen and oxygen atoms in total. The Hall–Kier alpha value is -4.78. The Balaban J connectivity index is 1.37. The summed E-state index contributed by atoms with van der Waals surface area (Å²) in [6.45, 7) is 0.0505. The number of amides is 2. The maximum atomic E-state index is 12.8. The van der Waals surface area contributed by atoms with Crippen LogP contribution < -0.4 is 10.7 Å². The summed E-state index contributed by atoms with van der Waals surface area (Å²) in [5, 5.41) is 17.4. The van der Waals surface area contributed by atoms with Gasteiger partial charge in [-0.25, -0.2) is 15.2 Å². The Bertz CT molecular complexity index is 1440. The molecule has 0 aliphatic carbocycles. The van der Waals surface area contributed by atoms with E-state index in [-0.39, 0.29) is 18.7 Å². The zero-order valence-electron chi connectivity index (χ0n) is 19.7. The minimum Gasteiger partial charge on any atom is -0.455 e. The molecule has 2 aromatic carbocycles. The van der Waals surface area contributed by atoms with Crippen LogP contribution in [-0.4, -0.2) is 39.1 Å². The molecule has 0 saturated heterocycles. The molecule has 0 bridgehead atoms. The normalized spacial score (nSPS) is 11.7. The van der Waals surface area contributed by atoms with Gasteiger partial charge in [-0.15, -0.1) is 0 Å². The van der Waals surface area contributed by atoms with Gasteiger partial charge in [0.25, 0.3) is 11.6 Å². The first-order valence-electron chi connectivity index (χ1n) is 11.2. The average molecular weight is 581 g/mol. The number of hydrogen-bond donors (Lipinski definition) is 3. The first-order chi connectivity index (χ1) is 18.4. The van der Waals surface area contributed by atoms with E-state index in [1.807, 2.05) is 30.3 Å². The Labute approximate surface area is 224 Å². The highest BCUT2D eigenvalue weighted by Gasteiger charge is 2.22. The monoisotopic (exact) mass is 580 g/mol. The Morgan fingerprint density at radius 1 is 1.21 bits per heavy atom. The summed E-state index contributed by atoms with van der Waals surface area (Å²) in [6.07, 6.45) is 3.67. The Morgan fingerprint density at radius 3 is 2.74 bits per heavy atom. The fourth-order valence-electron chi connectivity index (χ4n) is 3.35. The third-order valence-corrected chi connectivity index (χ3v) is 5.88. The van der Waals surface area contributed by atoms with Crippen molar-refractivity contribution in [3.8, 4) is 11.3 Å². The van der Waals surface area contributed by atoms with Crippen molar-refractivity contribution in [2.45, 2.75) is 19.1 Å². The van der Waals surface area contributed by atoms with Crippen LogP contribution in [0.25, 0.3) is 11.3 Å². The standard InChI is InChI=1S/C25H21BrN6O6/c26-21-11-18(32(35)36)6-8-20(21)23-9-7-19(38-23)13-29-31-24(33)22(10-17-12-27-15-28-17)30-25(34)37-14-16-4-2-1-3-5-16/h1-9,11-13,15,22H,10,14H2,(H,27,28)(H,30,34)(H,31,33)/b29-13-/t22-/m0/s1. The number of benzene rings is 2. The molecule has 4 rings (SSSR count). The molecule has 2 amide bonds. The van der Waals surface area contributed by atoms with Crippen LogP contribution in [0.2, 0.25) is 0 Å². The minimum atomic E-state index is -1.00. The SMILES string of the molecule is O=C(N[C@@H](Cc1cnc[nH]1)C(=O)N/N=C\c1ccc(-c2ccc([N+](=O)[O-])cc2Br)o1)OCc1ccccc1. The maximum Gasteiger partial charge on any atom is 0.408 e. The number of ether oxygens (including phenoxy) is 1. The number of H-pyrrole nitrogens is 1. The van der Waals surface area contributed by atoms with E-state index in [1.54, 1.807) is 24.4 Å².